The Balaban J connectivity index is 1.31. The summed E-state index contributed by atoms with van der Waals surface area (Å²) in [4.78, 5) is 16.9. The van der Waals surface area contributed by atoms with Crippen molar-refractivity contribution >= 4 is 23.6 Å². The number of amides is 1. The predicted octanol–water partition coefficient (Wildman–Crippen LogP) is 3.59. The third kappa shape index (κ3) is 5.05. The van der Waals surface area contributed by atoms with Gasteiger partial charge in [0.2, 0.25) is 12.7 Å². The highest BCUT2D eigenvalue weighted by Gasteiger charge is 2.21. The van der Waals surface area contributed by atoms with Gasteiger partial charge in [0, 0.05) is 50.9 Å². The first-order chi connectivity index (χ1) is 14.9. The molecule has 0 unspecified atom stereocenters. The molecule has 0 spiro atoms. The topological polar surface area (TPSA) is 59.8 Å². The van der Waals surface area contributed by atoms with Crippen molar-refractivity contribution in [3.63, 3.8) is 0 Å². The lowest BCUT2D eigenvalue weighted by Gasteiger charge is -2.34. The Morgan fingerprint density at radius 1 is 1.19 bits per heavy atom. The molecule has 1 fully saturated rings. The molecule has 0 atom stereocenters. The Hall–Kier alpha value is -2.51. The molecule has 7 nitrogen and oxygen atoms in total. The lowest BCUT2D eigenvalue weighted by molar-refractivity contribution is -0.127. The number of piperazine rings is 1. The molecule has 4 rings (SSSR count). The maximum atomic E-state index is 12.7. The molecule has 1 aromatic carbocycles. The second-order valence-electron chi connectivity index (χ2n) is 8.49. The summed E-state index contributed by atoms with van der Waals surface area (Å²) in [5.41, 5.74) is 2.84. The van der Waals surface area contributed by atoms with Gasteiger partial charge in [-0.1, -0.05) is 31.5 Å². The summed E-state index contributed by atoms with van der Waals surface area (Å²) in [6.45, 7) is 11.1. The molecular weight excluding hydrogens is 416 g/mol. The van der Waals surface area contributed by atoms with Gasteiger partial charge in [-0.05, 0) is 36.6 Å². The van der Waals surface area contributed by atoms with E-state index in [0.29, 0.717) is 24.2 Å². The summed E-state index contributed by atoms with van der Waals surface area (Å²) < 4.78 is 12.6. The minimum atomic E-state index is 0.00908. The zero-order chi connectivity index (χ0) is 22.0. The highest BCUT2D eigenvalue weighted by Crippen LogP contribution is 2.32. The molecule has 0 radical (unpaired) electrons. The quantitative estimate of drug-likeness (QED) is 0.637. The fourth-order valence-electron chi connectivity index (χ4n) is 3.91. The predicted molar refractivity (Wildman–Crippen MR) is 120 cm³/mol. The largest absolute Gasteiger partial charge is 0.454 e. The number of halogens is 1. The fourth-order valence-corrected chi connectivity index (χ4v) is 4.21. The van der Waals surface area contributed by atoms with Gasteiger partial charge in [0.1, 0.15) is 5.15 Å². The zero-order valence-corrected chi connectivity index (χ0v) is 19.1. The zero-order valence-electron chi connectivity index (χ0n) is 18.3. The van der Waals surface area contributed by atoms with Gasteiger partial charge < -0.3 is 14.4 Å². The normalized spacial score (nSPS) is 16.6. The number of hydrogen-bond acceptors (Lipinski definition) is 5. The summed E-state index contributed by atoms with van der Waals surface area (Å²) >= 11 is 6.48. The van der Waals surface area contributed by atoms with Crippen molar-refractivity contribution in [2.75, 3.05) is 33.0 Å². The number of carbonyl (C=O) groups excluding carboxylic acids is 1. The van der Waals surface area contributed by atoms with E-state index in [9.17, 15) is 4.79 Å². The Morgan fingerprint density at radius 2 is 1.94 bits per heavy atom. The van der Waals surface area contributed by atoms with Crippen LogP contribution < -0.4 is 9.47 Å². The average Bonchev–Trinajstić information content (AvgIpc) is 3.30. The van der Waals surface area contributed by atoms with Crippen molar-refractivity contribution in [3.8, 4) is 11.5 Å². The number of carbonyl (C=O) groups is 1. The second kappa shape index (κ2) is 9.32. The minimum Gasteiger partial charge on any atom is -0.454 e. The van der Waals surface area contributed by atoms with E-state index in [1.54, 1.807) is 16.8 Å². The van der Waals surface area contributed by atoms with Crippen LogP contribution in [0.3, 0.4) is 0 Å². The molecule has 0 N–H and O–H groups in total. The third-order valence-electron chi connectivity index (χ3n) is 5.57. The molecule has 2 aliphatic rings. The molecule has 8 heteroatoms. The Kier molecular flexibility index (Phi) is 6.53. The lowest BCUT2D eigenvalue weighted by Crippen LogP contribution is -2.47. The molecule has 0 aliphatic carbocycles. The van der Waals surface area contributed by atoms with Crippen LogP contribution in [0.4, 0.5) is 0 Å². The van der Waals surface area contributed by atoms with E-state index in [0.717, 1.165) is 48.9 Å². The van der Waals surface area contributed by atoms with E-state index in [1.807, 2.05) is 24.0 Å². The minimum absolute atomic E-state index is 0.00908. The van der Waals surface area contributed by atoms with E-state index in [1.165, 1.54) is 5.56 Å². The second-order valence-corrected chi connectivity index (χ2v) is 8.85. The SMILES string of the molecule is Cc1nn(CC(C)C)c(Cl)c1/C=C/C(=O)N1CCN(Cc2ccc3c(c2)OCO3)CC1. The first kappa shape index (κ1) is 21.7. The summed E-state index contributed by atoms with van der Waals surface area (Å²) in [5.74, 6) is 2.07. The first-order valence-electron chi connectivity index (χ1n) is 10.7. The van der Waals surface area contributed by atoms with E-state index in [-0.39, 0.29) is 12.7 Å². The smallest absolute Gasteiger partial charge is 0.246 e. The van der Waals surface area contributed by atoms with Crippen LogP contribution in [0, 0.1) is 12.8 Å². The molecular formula is C23H29ClN4O3. The fraction of sp³-hybridized carbons (Fsp3) is 0.478. The number of rotatable bonds is 6. The van der Waals surface area contributed by atoms with Crippen LogP contribution in [-0.4, -0.2) is 58.5 Å². The van der Waals surface area contributed by atoms with Crippen LogP contribution in [0.5, 0.6) is 11.5 Å². The van der Waals surface area contributed by atoms with Crippen molar-refractivity contribution in [2.24, 2.45) is 5.92 Å². The molecule has 0 bridgehead atoms. The monoisotopic (exact) mass is 444 g/mol. The maximum Gasteiger partial charge on any atom is 0.246 e. The van der Waals surface area contributed by atoms with Crippen molar-refractivity contribution in [3.05, 3.63) is 46.2 Å². The van der Waals surface area contributed by atoms with E-state index in [2.05, 4.69) is 29.9 Å². The number of ether oxygens (including phenoxy) is 2. The number of aryl methyl sites for hydroxylation is 1. The molecule has 3 heterocycles. The van der Waals surface area contributed by atoms with Gasteiger partial charge in [0.15, 0.2) is 11.5 Å². The summed E-state index contributed by atoms with van der Waals surface area (Å²) in [5, 5.41) is 5.08. The van der Waals surface area contributed by atoms with E-state index in [4.69, 9.17) is 21.1 Å². The van der Waals surface area contributed by atoms with Gasteiger partial charge in [-0.3, -0.25) is 14.4 Å². The summed E-state index contributed by atoms with van der Waals surface area (Å²) in [6, 6.07) is 6.06. The van der Waals surface area contributed by atoms with Crippen LogP contribution in [0.25, 0.3) is 6.08 Å². The van der Waals surface area contributed by atoms with Gasteiger partial charge in [0.25, 0.3) is 0 Å². The summed E-state index contributed by atoms with van der Waals surface area (Å²) in [6.07, 6.45) is 3.41. The molecule has 166 valence electrons. The average molecular weight is 445 g/mol. The van der Waals surface area contributed by atoms with Crippen molar-refractivity contribution < 1.29 is 14.3 Å². The molecule has 0 saturated carbocycles. The van der Waals surface area contributed by atoms with Crippen molar-refractivity contribution in [1.29, 1.82) is 0 Å². The van der Waals surface area contributed by atoms with Crippen LogP contribution >= 0.6 is 11.6 Å². The highest BCUT2D eigenvalue weighted by atomic mass is 35.5. The van der Waals surface area contributed by atoms with Gasteiger partial charge in [0.05, 0.1) is 5.69 Å². The van der Waals surface area contributed by atoms with Gasteiger partial charge in [-0.25, -0.2) is 0 Å². The molecule has 1 saturated heterocycles. The van der Waals surface area contributed by atoms with Crippen LogP contribution in [0.2, 0.25) is 5.15 Å². The van der Waals surface area contributed by atoms with E-state index >= 15 is 0 Å². The number of fused-ring (bicyclic) bond motifs is 1. The van der Waals surface area contributed by atoms with Crippen LogP contribution in [0.15, 0.2) is 24.3 Å². The van der Waals surface area contributed by atoms with Crippen LogP contribution in [-0.2, 0) is 17.9 Å². The first-order valence-corrected chi connectivity index (χ1v) is 11.1. The van der Waals surface area contributed by atoms with Crippen molar-refractivity contribution in [2.45, 2.75) is 33.9 Å². The van der Waals surface area contributed by atoms with Crippen molar-refractivity contribution in [1.82, 2.24) is 19.6 Å². The maximum absolute atomic E-state index is 12.7. The Morgan fingerprint density at radius 3 is 2.68 bits per heavy atom. The third-order valence-corrected chi connectivity index (χ3v) is 5.97. The standard InChI is InChI=1S/C23H29ClN4O3/c1-16(2)13-28-23(24)19(17(3)25-28)5-7-22(29)27-10-8-26(9-11-27)14-18-4-6-20-21(12-18)31-15-30-20/h4-7,12,16H,8-11,13-15H2,1-3H3/b7-5+. The summed E-state index contributed by atoms with van der Waals surface area (Å²) in [7, 11) is 0. The molecule has 1 amide bonds. The Labute approximate surface area is 188 Å². The van der Waals surface area contributed by atoms with Gasteiger partial charge in [-0.2, -0.15) is 5.10 Å². The lowest BCUT2D eigenvalue weighted by atomic mass is 10.1. The van der Waals surface area contributed by atoms with Gasteiger partial charge in [-0.15, -0.1) is 0 Å². The highest BCUT2D eigenvalue weighted by molar-refractivity contribution is 6.31. The van der Waals surface area contributed by atoms with Crippen LogP contribution in [0.1, 0.15) is 30.7 Å². The number of aromatic nitrogens is 2. The molecule has 2 aromatic rings. The number of nitrogens with zero attached hydrogens (tertiary/aromatic N) is 4. The molecule has 1 aromatic heterocycles. The molecule has 2 aliphatic heterocycles. The molecule has 31 heavy (non-hydrogen) atoms. The van der Waals surface area contributed by atoms with E-state index < -0.39 is 0 Å². The van der Waals surface area contributed by atoms with Gasteiger partial charge >= 0.3 is 0 Å². The number of hydrogen-bond donors (Lipinski definition) is 0. The number of benzene rings is 1. The Bertz CT molecular complexity index is 977.